The predicted molar refractivity (Wildman–Crippen MR) is 137 cm³/mol. The van der Waals surface area contributed by atoms with Crippen molar-refractivity contribution in [2.24, 2.45) is 0 Å². The first kappa shape index (κ1) is 22.3. The second kappa shape index (κ2) is 9.77. The predicted octanol–water partition coefficient (Wildman–Crippen LogP) is 6.50. The van der Waals surface area contributed by atoms with E-state index < -0.39 is 0 Å². The quantitative estimate of drug-likeness (QED) is 0.295. The van der Waals surface area contributed by atoms with Crippen molar-refractivity contribution in [3.8, 4) is 28.5 Å². The van der Waals surface area contributed by atoms with E-state index in [-0.39, 0.29) is 0 Å². The molecule has 0 radical (unpaired) electrons. The van der Waals surface area contributed by atoms with E-state index in [2.05, 4.69) is 69.7 Å². The van der Waals surface area contributed by atoms with Gasteiger partial charge >= 0.3 is 0 Å². The van der Waals surface area contributed by atoms with Crippen LogP contribution in [-0.4, -0.2) is 27.3 Å². The summed E-state index contributed by atoms with van der Waals surface area (Å²) in [6, 6.07) is 21.7. The summed E-state index contributed by atoms with van der Waals surface area (Å²) in [6.07, 6.45) is 4.19. The molecule has 35 heavy (non-hydrogen) atoms. The molecular weight excluding hydrogens is 438 g/mol. The van der Waals surface area contributed by atoms with Gasteiger partial charge in [0.1, 0.15) is 17.0 Å². The number of hydrogen-bond donors (Lipinski definition) is 1. The van der Waals surface area contributed by atoms with Crippen molar-refractivity contribution < 1.29 is 9.47 Å². The maximum atomic E-state index is 6.09. The van der Waals surface area contributed by atoms with Crippen molar-refractivity contribution >= 4 is 22.5 Å². The van der Waals surface area contributed by atoms with Crippen LogP contribution in [0.25, 0.3) is 22.3 Å². The van der Waals surface area contributed by atoms with Gasteiger partial charge in [0, 0.05) is 29.6 Å². The Morgan fingerprint density at radius 1 is 0.857 bits per heavy atom. The van der Waals surface area contributed by atoms with E-state index in [1.165, 1.54) is 5.56 Å². The lowest BCUT2D eigenvalue weighted by molar-refractivity contribution is 0.413. The Balaban J connectivity index is 1.33. The van der Waals surface area contributed by atoms with Crippen LogP contribution in [0.15, 0.2) is 79.1 Å². The Bertz CT molecular complexity index is 1470. The van der Waals surface area contributed by atoms with Crippen LogP contribution in [0.1, 0.15) is 18.1 Å². The molecule has 0 atom stereocenters. The highest BCUT2D eigenvalue weighted by Gasteiger charge is 2.10. The summed E-state index contributed by atoms with van der Waals surface area (Å²) in [6.45, 7) is 4.19. The van der Waals surface area contributed by atoms with Crippen LogP contribution in [0.4, 0.5) is 11.5 Å². The van der Waals surface area contributed by atoms with E-state index in [4.69, 9.17) is 9.47 Å². The molecule has 5 aromatic rings. The third-order valence-corrected chi connectivity index (χ3v) is 5.70. The molecule has 3 heterocycles. The molecule has 2 aromatic carbocycles. The van der Waals surface area contributed by atoms with Gasteiger partial charge in [-0.05, 0) is 49.2 Å². The van der Waals surface area contributed by atoms with Gasteiger partial charge in [0.15, 0.2) is 11.6 Å². The third kappa shape index (κ3) is 4.89. The fourth-order valence-electron chi connectivity index (χ4n) is 3.72. The molecule has 0 aliphatic heterocycles. The number of methoxy groups -OCH3 is 1. The molecule has 7 heteroatoms. The summed E-state index contributed by atoms with van der Waals surface area (Å²) in [5.41, 5.74) is 6.52. The molecule has 5 rings (SSSR count). The Hall–Kier alpha value is -4.52. The second-order valence-corrected chi connectivity index (χ2v) is 8.13. The smallest absolute Gasteiger partial charge is 0.156 e. The zero-order chi connectivity index (χ0) is 24.2. The number of aromatic nitrogens is 4. The lowest BCUT2D eigenvalue weighted by Gasteiger charge is -2.12. The summed E-state index contributed by atoms with van der Waals surface area (Å²) in [7, 11) is 1.60. The van der Waals surface area contributed by atoms with Gasteiger partial charge in [0.05, 0.1) is 24.5 Å². The van der Waals surface area contributed by atoms with Crippen LogP contribution in [0, 0.1) is 6.92 Å². The largest absolute Gasteiger partial charge is 0.495 e. The molecular formula is C28H25N5O2. The van der Waals surface area contributed by atoms with Crippen molar-refractivity contribution in [1.82, 2.24) is 20.2 Å². The first-order valence-corrected chi connectivity index (χ1v) is 11.4. The molecule has 0 aliphatic carbocycles. The van der Waals surface area contributed by atoms with Crippen molar-refractivity contribution in [3.63, 3.8) is 0 Å². The molecule has 0 saturated carbocycles. The Kier molecular flexibility index (Phi) is 6.22. The van der Waals surface area contributed by atoms with Crippen molar-refractivity contribution in [3.05, 3.63) is 90.3 Å². The fraction of sp³-hybridized carbons (Fsp3) is 0.143. The average molecular weight is 464 g/mol. The minimum atomic E-state index is 0.629. The summed E-state index contributed by atoms with van der Waals surface area (Å²) in [4.78, 5) is 8.79. The molecule has 174 valence electrons. The maximum absolute atomic E-state index is 6.09. The number of anilines is 2. The molecule has 0 saturated heterocycles. The number of pyridine rings is 2. The highest BCUT2D eigenvalue weighted by Crippen LogP contribution is 2.30. The van der Waals surface area contributed by atoms with Crippen molar-refractivity contribution in [1.29, 1.82) is 0 Å². The van der Waals surface area contributed by atoms with E-state index in [0.29, 0.717) is 28.3 Å². The monoisotopic (exact) mass is 463 g/mol. The minimum absolute atomic E-state index is 0.629. The van der Waals surface area contributed by atoms with Crippen LogP contribution < -0.4 is 14.8 Å². The zero-order valence-electron chi connectivity index (χ0n) is 19.8. The van der Waals surface area contributed by atoms with Crippen LogP contribution in [0.2, 0.25) is 0 Å². The van der Waals surface area contributed by atoms with Gasteiger partial charge < -0.3 is 14.8 Å². The minimum Gasteiger partial charge on any atom is -0.495 e. The van der Waals surface area contributed by atoms with E-state index in [1.54, 1.807) is 25.6 Å². The number of ether oxygens (including phenoxy) is 2. The van der Waals surface area contributed by atoms with Gasteiger partial charge in [-0.15, -0.1) is 10.2 Å². The normalized spacial score (nSPS) is 10.8. The van der Waals surface area contributed by atoms with Gasteiger partial charge in [-0.2, -0.15) is 0 Å². The highest BCUT2D eigenvalue weighted by molar-refractivity contribution is 5.81. The second-order valence-electron chi connectivity index (χ2n) is 8.13. The highest BCUT2D eigenvalue weighted by atomic mass is 16.5. The number of hydrogen-bond acceptors (Lipinski definition) is 7. The lowest BCUT2D eigenvalue weighted by atomic mass is 10.1. The molecule has 0 unspecified atom stereocenters. The molecule has 0 aliphatic rings. The molecule has 1 N–H and O–H groups in total. The first-order chi connectivity index (χ1) is 17.1. The summed E-state index contributed by atoms with van der Waals surface area (Å²) >= 11 is 0. The van der Waals surface area contributed by atoms with E-state index in [9.17, 15) is 0 Å². The van der Waals surface area contributed by atoms with Crippen molar-refractivity contribution in [2.75, 3.05) is 12.4 Å². The first-order valence-electron chi connectivity index (χ1n) is 11.4. The fourth-order valence-corrected chi connectivity index (χ4v) is 3.72. The number of fused-ring (bicyclic) bond motifs is 1. The molecule has 7 nitrogen and oxygen atoms in total. The van der Waals surface area contributed by atoms with E-state index >= 15 is 0 Å². The van der Waals surface area contributed by atoms with Gasteiger partial charge in [-0.3, -0.25) is 4.98 Å². The number of nitrogens with zero attached hydrogens (tertiary/aromatic N) is 4. The van der Waals surface area contributed by atoms with Gasteiger partial charge in [0.2, 0.25) is 0 Å². The standard InChI is InChI=1S/C28H25N5O2/c1-4-19-15-24(20-7-5-18(2)6-8-20)32-33-28(19)31-21-9-11-22(12-10-21)35-26-13-14-29-25-16-23(34-3)17-30-27(25)26/h5-17H,4H2,1-3H3,(H,31,33). The van der Waals surface area contributed by atoms with Gasteiger partial charge in [-0.25, -0.2) is 4.98 Å². The topological polar surface area (TPSA) is 82.1 Å². The summed E-state index contributed by atoms with van der Waals surface area (Å²) in [5, 5.41) is 12.3. The number of aryl methyl sites for hydroxylation is 2. The van der Waals surface area contributed by atoms with Gasteiger partial charge in [-0.1, -0.05) is 36.8 Å². The summed E-state index contributed by atoms with van der Waals surface area (Å²) < 4.78 is 11.3. The SMILES string of the molecule is CCc1cc(-c2ccc(C)cc2)nnc1Nc1ccc(Oc2ccnc3cc(OC)cnc23)cc1. The Morgan fingerprint density at radius 2 is 1.66 bits per heavy atom. The van der Waals surface area contributed by atoms with Crippen LogP contribution in [0.3, 0.4) is 0 Å². The average Bonchev–Trinajstić information content (AvgIpc) is 2.90. The number of rotatable bonds is 7. The Morgan fingerprint density at radius 3 is 2.40 bits per heavy atom. The van der Waals surface area contributed by atoms with Crippen LogP contribution >= 0.6 is 0 Å². The molecule has 0 spiro atoms. The number of nitrogens with one attached hydrogen (secondary N) is 1. The molecule has 0 fully saturated rings. The van der Waals surface area contributed by atoms with Crippen molar-refractivity contribution in [2.45, 2.75) is 20.3 Å². The maximum Gasteiger partial charge on any atom is 0.156 e. The Labute approximate surface area is 203 Å². The molecule has 0 bridgehead atoms. The molecule has 0 amide bonds. The van der Waals surface area contributed by atoms with Crippen LogP contribution in [-0.2, 0) is 6.42 Å². The van der Waals surface area contributed by atoms with Gasteiger partial charge in [0.25, 0.3) is 0 Å². The zero-order valence-corrected chi connectivity index (χ0v) is 19.8. The van der Waals surface area contributed by atoms with Crippen LogP contribution in [0.5, 0.6) is 17.2 Å². The van der Waals surface area contributed by atoms with E-state index in [0.717, 1.165) is 34.7 Å². The van der Waals surface area contributed by atoms with E-state index in [1.807, 2.05) is 30.3 Å². The third-order valence-electron chi connectivity index (χ3n) is 5.70. The number of benzene rings is 2. The lowest BCUT2D eigenvalue weighted by Crippen LogP contribution is -2.02. The summed E-state index contributed by atoms with van der Waals surface area (Å²) in [5.74, 6) is 2.72. The molecule has 3 aromatic heterocycles.